The summed E-state index contributed by atoms with van der Waals surface area (Å²) in [5, 5.41) is 0.330. The van der Waals surface area contributed by atoms with Gasteiger partial charge in [-0.05, 0) is 26.3 Å². The minimum Gasteiger partial charge on any atom is -0.488 e. The van der Waals surface area contributed by atoms with E-state index in [1.54, 1.807) is 35.9 Å². The molecule has 0 saturated heterocycles. The Morgan fingerprint density at radius 1 is 1.21 bits per heavy atom. The Morgan fingerprint density at radius 2 is 1.89 bits per heavy atom. The molecule has 0 spiro atoms. The molecule has 0 aliphatic rings. The summed E-state index contributed by atoms with van der Waals surface area (Å²) in [4.78, 5) is 37.7. The number of pyridine rings is 1. The molecule has 0 aliphatic carbocycles. The average molecular weight is 380 g/mol. The van der Waals surface area contributed by atoms with E-state index in [9.17, 15) is 14.4 Å². The van der Waals surface area contributed by atoms with E-state index in [0.717, 1.165) is 5.69 Å². The maximum atomic E-state index is 13.4. The lowest BCUT2D eigenvalue weighted by molar-refractivity contribution is 0.0969. The molecule has 6 heteroatoms. The van der Waals surface area contributed by atoms with E-state index in [4.69, 9.17) is 4.74 Å². The third kappa shape index (κ3) is 3.38. The summed E-state index contributed by atoms with van der Waals surface area (Å²) < 4.78 is 8.98. The highest BCUT2D eigenvalue weighted by Crippen LogP contribution is 2.31. The number of hydrogen-bond donors (Lipinski definition) is 0. The second-order valence-corrected chi connectivity index (χ2v) is 6.99. The Labute approximate surface area is 163 Å². The molecule has 0 fully saturated rings. The summed E-state index contributed by atoms with van der Waals surface area (Å²) in [6, 6.07) is 10.8. The van der Waals surface area contributed by atoms with Crippen molar-refractivity contribution in [3.05, 3.63) is 63.7 Å². The maximum absolute atomic E-state index is 13.4. The van der Waals surface area contributed by atoms with Gasteiger partial charge in [0.05, 0.1) is 18.2 Å². The predicted molar refractivity (Wildman–Crippen MR) is 108 cm³/mol. The zero-order valence-corrected chi connectivity index (χ0v) is 16.6. The van der Waals surface area contributed by atoms with Crippen LogP contribution in [0.4, 0.5) is 0 Å². The van der Waals surface area contributed by atoms with Gasteiger partial charge in [-0.3, -0.25) is 14.4 Å². The van der Waals surface area contributed by atoms with Crippen LogP contribution in [0.15, 0.2) is 41.2 Å². The third-order valence-electron chi connectivity index (χ3n) is 4.77. The fourth-order valence-electron chi connectivity index (χ4n) is 3.38. The first kappa shape index (κ1) is 19.6. The van der Waals surface area contributed by atoms with Gasteiger partial charge >= 0.3 is 0 Å². The maximum Gasteiger partial charge on any atom is 0.264 e. The monoisotopic (exact) mass is 380 g/mol. The molecule has 0 bridgehead atoms. The van der Waals surface area contributed by atoms with E-state index in [2.05, 4.69) is 0 Å². The number of hydrogen-bond acceptors (Lipinski definition) is 4. The molecule has 2 heterocycles. The quantitative estimate of drug-likeness (QED) is 0.465. The number of carbonyl (C=O) groups excluding carboxylic acids is 2. The predicted octanol–water partition coefficient (Wildman–Crippen LogP) is 3.39. The number of aromatic nitrogens is 2. The minimum atomic E-state index is -0.321. The lowest BCUT2D eigenvalue weighted by Gasteiger charge is -2.13. The average Bonchev–Trinajstić information content (AvgIpc) is 2.94. The van der Waals surface area contributed by atoms with Crippen LogP contribution in [0, 0.1) is 0 Å². The largest absolute Gasteiger partial charge is 0.488 e. The smallest absolute Gasteiger partial charge is 0.264 e. The molecule has 3 aromatic rings. The summed E-state index contributed by atoms with van der Waals surface area (Å²) in [5.41, 5.74) is 1.91. The Hall–Kier alpha value is -3.15. The first-order chi connectivity index (χ1) is 13.4. The molecule has 0 unspecified atom stereocenters. The summed E-state index contributed by atoms with van der Waals surface area (Å²) in [5.74, 6) is 0.130. The van der Waals surface area contributed by atoms with Gasteiger partial charge in [0, 0.05) is 18.3 Å². The van der Waals surface area contributed by atoms with Gasteiger partial charge < -0.3 is 13.9 Å². The number of fused-ring (bicyclic) bond motifs is 1. The van der Waals surface area contributed by atoms with Gasteiger partial charge in [0.25, 0.3) is 5.56 Å². The Bertz CT molecular complexity index is 1090. The van der Waals surface area contributed by atoms with Crippen molar-refractivity contribution < 1.29 is 14.3 Å². The highest BCUT2D eigenvalue weighted by Gasteiger charge is 2.23. The second-order valence-electron chi connectivity index (χ2n) is 6.99. The lowest BCUT2D eigenvalue weighted by Crippen LogP contribution is -2.27. The van der Waals surface area contributed by atoms with E-state index in [1.807, 2.05) is 32.9 Å². The third-order valence-corrected chi connectivity index (χ3v) is 4.77. The van der Waals surface area contributed by atoms with Crippen LogP contribution in [0.3, 0.4) is 0 Å². The van der Waals surface area contributed by atoms with Gasteiger partial charge in [-0.1, -0.05) is 37.3 Å². The first-order valence-corrected chi connectivity index (χ1v) is 9.34. The van der Waals surface area contributed by atoms with Crippen LogP contribution >= 0.6 is 0 Å². The molecule has 0 atom stereocenters. The van der Waals surface area contributed by atoms with E-state index >= 15 is 0 Å². The van der Waals surface area contributed by atoms with Gasteiger partial charge in [0.2, 0.25) is 0 Å². The molecule has 3 rings (SSSR count). The van der Waals surface area contributed by atoms with E-state index in [-0.39, 0.29) is 29.7 Å². The Kier molecular flexibility index (Phi) is 5.49. The van der Waals surface area contributed by atoms with Crippen LogP contribution < -0.4 is 10.3 Å². The topological polar surface area (TPSA) is 70.3 Å². The molecule has 28 heavy (non-hydrogen) atoms. The van der Waals surface area contributed by atoms with Gasteiger partial charge in [0.1, 0.15) is 11.1 Å². The summed E-state index contributed by atoms with van der Waals surface area (Å²) in [6.07, 6.45) is 1.08. The van der Waals surface area contributed by atoms with Gasteiger partial charge in [-0.25, -0.2) is 0 Å². The summed E-state index contributed by atoms with van der Waals surface area (Å²) in [7, 11) is 1.73. The molecule has 2 aromatic heterocycles. The van der Waals surface area contributed by atoms with Crippen molar-refractivity contribution in [1.82, 2.24) is 9.13 Å². The number of aldehydes is 1. The number of Topliss-reactive ketones (excluding diaryl/α,β-unsaturated/α-hetero) is 1. The number of benzene rings is 1. The van der Waals surface area contributed by atoms with Crippen molar-refractivity contribution in [2.45, 2.75) is 39.8 Å². The zero-order valence-electron chi connectivity index (χ0n) is 16.6. The molecule has 0 N–H and O–H groups in total. The lowest BCUT2D eigenvalue weighted by atomic mass is 10.1. The standard InChI is InChI=1S/C22H24N2O4/c1-5-16-11-17-20(21(28-14(2)3)18(13-25)23(17)4)22(27)24(16)12-19(26)15-9-7-6-8-10-15/h6-11,13-14H,5,12H2,1-4H3. The van der Waals surface area contributed by atoms with E-state index in [1.165, 1.54) is 4.57 Å². The molecular formula is C22H24N2O4. The second kappa shape index (κ2) is 7.84. The van der Waals surface area contributed by atoms with Crippen molar-refractivity contribution in [2.24, 2.45) is 7.05 Å². The van der Waals surface area contributed by atoms with E-state index < -0.39 is 0 Å². The van der Waals surface area contributed by atoms with Crippen LogP contribution in [0.2, 0.25) is 0 Å². The minimum absolute atomic E-state index is 0.0611. The van der Waals surface area contributed by atoms with Crippen molar-refractivity contribution in [2.75, 3.05) is 0 Å². The van der Waals surface area contributed by atoms with Crippen LogP contribution in [0.5, 0.6) is 5.75 Å². The number of ether oxygens (including phenoxy) is 1. The SMILES string of the molecule is CCc1cc2c(c(OC(C)C)c(C=O)n2C)c(=O)n1CC(=O)c1ccccc1. The van der Waals surface area contributed by atoms with Crippen LogP contribution in [-0.4, -0.2) is 27.3 Å². The number of rotatable bonds is 7. The van der Waals surface area contributed by atoms with Crippen molar-refractivity contribution >= 4 is 23.0 Å². The molecule has 146 valence electrons. The molecular weight excluding hydrogens is 356 g/mol. The Balaban J connectivity index is 2.23. The van der Waals surface area contributed by atoms with Crippen molar-refractivity contribution in [3.8, 4) is 5.75 Å². The fraction of sp³-hybridized carbons (Fsp3) is 0.318. The van der Waals surface area contributed by atoms with Gasteiger partial charge in [-0.15, -0.1) is 0 Å². The number of aryl methyl sites for hydroxylation is 2. The molecule has 1 aromatic carbocycles. The first-order valence-electron chi connectivity index (χ1n) is 9.34. The molecule has 0 amide bonds. The molecule has 0 radical (unpaired) electrons. The zero-order chi connectivity index (χ0) is 20.4. The van der Waals surface area contributed by atoms with Crippen LogP contribution in [0.25, 0.3) is 10.9 Å². The van der Waals surface area contributed by atoms with Crippen molar-refractivity contribution in [1.29, 1.82) is 0 Å². The van der Waals surface area contributed by atoms with Gasteiger partial charge in [0.15, 0.2) is 17.8 Å². The normalized spacial score (nSPS) is 11.2. The summed E-state index contributed by atoms with van der Waals surface area (Å²) >= 11 is 0. The Morgan fingerprint density at radius 3 is 2.46 bits per heavy atom. The molecule has 0 saturated carbocycles. The number of ketones is 1. The highest BCUT2D eigenvalue weighted by molar-refractivity contribution is 5.98. The van der Waals surface area contributed by atoms with Gasteiger partial charge in [-0.2, -0.15) is 0 Å². The fourth-order valence-corrected chi connectivity index (χ4v) is 3.38. The van der Waals surface area contributed by atoms with Crippen molar-refractivity contribution in [3.63, 3.8) is 0 Å². The number of carbonyl (C=O) groups is 2. The summed E-state index contributed by atoms with van der Waals surface area (Å²) in [6.45, 7) is 5.55. The highest BCUT2D eigenvalue weighted by atomic mass is 16.5. The number of nitrogens with zero attached hydrogens (tertiary/aromatic N) is 2. The molecule has 6 nitrogen and oxygen atoms in total. The molecule has 0 aliphatic heterocycles. The van der Waals surface area contributed by atoms with Crippen LogP contribution in [0.1, 0.15) is 47.3 Å². The van der Waals surface area contributed by atoms with Crippen LogP contribution in [-0.2, 0) is 20.0 Å². The van der Waals surface area contributed by atoms with E-state index in [0.29, 0.717) is 34.9 Å².